The number of furan rings is 1. The molecular weight excluding hydrogens is 569 g/mol. The van der Waals surface area contributed by atoms with E-state index in [0.717, 1.165) is 27.3 Å². The molecule has 0 N–H and O–H groups in total. The molecule has 0 saturated heterocycles. The van der Waals surface area contributed by atoms with Crippen molar-refractivity contribution in [3.8, 4) is 44.5 Å². The Labute approximate surface area is 279 Å². The molecule has 0 radical (unpaired) electrons. The van der Waals surface area contributed by atoms with Gasteiger partial charge in [-0.15, -0.1) is 0 Å². The summed E-state index contributed by atoms with van der Waals surface area (Å²) in [7, 11) is 0. The molecule has 10 aromatic rings. The molecule has 1 heteroatoms. The van der Waals surface area contributed by atoms with Crippen molar-refractivity contribution in [2.75, 3.05) is 0 Å². The zero-order valence-electron chi connectivity index (χ0n) is 30.2. The minimum Gasteiger partial charge on any atom is -0.455 e. The van der Waals surface area contributed by atoms with Crippen molar-refractivity contribution in [3.05, 3.63) is 170 Å². The van der Waals surface area contributed by atoms with Crippen LogP contribution in [0.15, 0.2) is 174 Å². The third-order valence-electron chi connectivity index (χ3n) is 9.55. The number of rotatable bonds is 4. The second-order valence-electron chi connectivity index (χ2n) is 12.1. The zero-order valence-corrected chi connectivity index (χ0v) is 25.2. The number of hydrogen-bond donors (Lipinski definition) is 0. The van der Waals surface area contributed by atoms with Crippen molar-refractivity contribution in [2.45, 2.75) is 0 Å². The summed E-state index contributed by atoms with van der Waals surface area (Å²) >= 11 is 0. The van der Waals surface area contributed by atoms with Crippen LogP contribution in [-0.4, -0.2) is 0 Å². The van der Waals surface area contributed by atoms with Crippen LogP contribution in [0.5, 0.6) is 0 Å². The first-order valence-corrected chi connectivity index (χ1v) is 15.8. The van der Waals surface area contributed by atoms with Crippen LogP contribution in [0.2, 0.25) is 0 Å². The maximum atomic E-state index is 8.65. The van der Waals surface area contributed by atoms with E-state index in [9.17, 15) is 0 Å². The van der Waals surface area contributed by atoms with Crippen molar-refractivity contribution in [1.82, 2.24) is 0 Å². The number of fused-ring (bicyclic) bond motifs is 3. The highest BCUT2D eigenvalue weighted by molar-refractivity contribution is 6.29. The van der Waals surface area contributed by atoms with E-state index in [-0.39, 0.29) is 29.7 Å². The van der Waals surface area contributed by atoms with Gasteiger partial charge >= 0.3 is 0 Å². The predicted molar refractivity (Wildman–Crippen MR) is 199 cm³/mol. The van der Waals surface area contributed by atoms with E-state index in [2.05, 4.69) is 103 Å². The largest absolute Gasteiger partial charge is 0.455 e. The fourth-order valence-corrected chi connectivity index (χ4v) is 7.41. The highest BCUT2D eigenvalue weighted by atomic mass is 16.3. The van der Waals surface area contributed by atoms with Crippen LogP contribution in [0.1, 0.15) is 6.85 Å². The molecule has 1 heterocycles. The van der Waals surface area contributed by atoms with Crippen LogP contribution < -0.4 is 0 Å². The molecule has 0 spiro atoms. The number of benzene rings is 9. The molecule has 1 nitrogen and oxygen atoms in total. The number of hydrogen-bond acceptors (Lipinski definition) is 1. The van der Waals surface area contributed by atoms with Crippen molar-refractivity contribution < 1.29 is 11.3 Å². The molecule has 0 fully saturated rings. The van der Waals surface area contributed by atoms with Gasteiger partial charge in [-0.3, -0.25) is 0 Å². The fraction of sp³-hybridized carbons (Fsp3) is 0. The van der Waals surface area contributed by atoms with Gasteiger partial charge in [-0.2, -0.15) is 0 Å². The Morgan fingerprint density at radius 3 is 1.74 bits per heavy atom. The smallest absolute Gasteiger partial charge is 0.143 e. The standard InChI is InChI=1S/C46H28O/c1-3-9-29(10-4-1)30-17-19-32(20-18-30)35-25-21-33-24-28-40-37(26-22-34-23-27-39(35)43(33)44(34)40)38-14-8-16-42-45(38)41-15-7-13-36(46(41)47-42)31-11-5-2-6-12-31/h1-28H/i2D,5D,6D,11D,12D. The maximum Gasteiger partial charge on any atom is 0.143 e. The Morgan fingerprint density at radius 2 is 0.979 bits per heavy atom. The molecule has 47 heavy (non-hydrogen) atoms. The molecule has 1 aromatic heterocycles. The monoisotopic (exact) mass is 601 g/mol. The molecule has 9 aromatic carbocycles. The SMILES string of the molecule is [2H]c1c([2H])c([2H])c(-c2cccc3c2oc2cccc(-c4ccc5ccc6c(-c7ccc(-c8ccccc8)cc7)ccc7ccc4c5c76)c23)c([2H])c1[2H]. The quantitative estimate of drug-likeness (QED) is 0.183. The summed E-state index contributed by atoms with van der Waals surface area (Å²) in [5.74, 6) is 0. The third kappa shape index (κ3) is 3.97. The minimum absolute atomic E-state index is 0.130. The first-order chi connectivity index (χ1) is 25.4. The molecule has 0 amide bonds. The molecule has 0 bridgehead atoms. The Kier molecular flexibility index (Phi) is 4.66. The van der Waals surface area contributed by atoms with Gasteiger partial charge in [0.1, 0.15) is 11.2 Å². The van der Waals surface area contributed by atoms with Crippen molar-refractivity contribution in [3.63, 3.8) is 0 Å². The Hall–Kier alpha value is -6.18. The summed E-state index contributed by atoms with van der Waals surface area (Å²) in [5, 5.41) is 8.87. The van der Waals surface area contributed by atoms with E-state index in [1.807, 2.05) is 30.3 Å². The molecule has 0 atom stereocenters. The van der Waals surface area contributed by atoms with Crippen LogP contribution in [0.25, 0.3) is 98.8 Å². The number of para-hydroxylation sites is 1. The predicted octanol–water partition coefficient (Wildman–Crippen LogP) is 13.2. The van der Waals surface area contributed by atoms with Gasteiger partial charge in [0.2, 0.25) is 0 Å². The van der Waals surface area contributed by atoms with Gasteiger partial charge in [0, 0.05) is 16.3 Å². The van der Waals surface area contributed by atoms with Gasteiger partial charge in [-0.05, 0) is 77.3 Å². The first-order valence-electron chi connectivity index (χ1n) is 18.3. The molecule has 0 aliphatic carbocycles. The first kappa shape index (κ1) is 21.5. The van der Waals surface area contributed by atoms with E-state index in [1.54, 1.807) is 6.07 Å². The lowest BCUT2D eigenvalue weighted by atomic mass is 9.86. The van der Waals surface area contributed by atoms with Gasteiger partial charge in [0.15, 0.2) is 0 Å². The minimum atomic E-state index is -0.417. The summed E-state index contributed by atoms with van der Waals surface area (Å²) < 4.78 is 48.5. The van der Waals surface area contributed by atoms with Crippen LogP contribution in [0, 0.1) is 0 Å². The third-order valence-corrected chi connectivity index (χ3v) is 9.55. The van der Waals surface area contributed by atoms with Crippen molar-refractivity contribution >= 4 is 54.3 Å². The molecule has 0 aliphatic rings. The summed E-state index contributed by atoms with van der Waals surface area (Å²) in [6.07, 6.45) is 0. The van der Waals surface area contributed by atoms with Crippen molar-refractivity contribution in [2.24, 2.45) is 0 Å². The Balaban J connectivity index is 1.18. The van der Waals surface area contributed by atoms with E-state index in [0.29, 0.717) is 16.7 Å². The highest BCUT2D eigenvalue weighted by Crippen LogP contribution is 2.46. The molecule has 0 unspecified atom stereocenters. The fourth-order valence-electron chi connectivity index (χ4n) is 7.41. The maximum absolute atomic E-state index is 8.65. The Morgan fingerprint density at radius 1 is 0.362 bits per heavy atom. The molecule has 0 aliphatic heterocycles. The zero-order chi connectivity index (χ0) is 35.2. The van der Waals surface area contributed by atoms with Gasteiger partial charge < -0.3 is 4.42 Å². The summed E-state index contributed by atoms with van der Waals surface area (Å²) in [4.78, 5) is 0. The van der Waals surface area contributed by atoms with Crippen LogP contribution in [0.4, 0.5) is 0 Å². The summed E-state index contributed by atoms with van der Waals surface area (Å²) in [6.45, 7) is 0. The molecule has 0 saturated carbocycles. The highest BCUT2D eigenvalue weighted by Gasteiger charge is 2.19. The summed E-state index contributed by atoms with van der Waals surface area (Å²) in [5.41, 5.74) is 8.57. The lowest BCUT2D eigenvalue weighted by Gasteiger charge is -2.17. The topological polar surface area (TPSA) is 13.1 Å². The lowest BCUT2D eigenvalue weighted by molar-refractivity contribution is 0.670. The van der Waals surface area contributed by atoms with E-state index < -0.39 is 6.04 Å². The molecular formula is C46H28O. The summed E-state index contributed by atoms with van der Waals surface area (Å²) in [6, 6.07) is 46.9. The average molecular weight is 602 g/mol. The Bertz CT molecular complexity index is 3020. The van der Waals surface area contributed by atoms with Crippen molar-refractivity contribution in [1.29, 1.82) is 0 Å². The van der Waals surface area contributed by atoms with E-state index >= 15 is 0 Å². The van der Waals surface area contributed by atoms with Gasteiger partial charge in [0.05, 0.1) is 6.85 Å². The molecule has 218 valence electrons. The van der Waals surface area contributed by atoms with E-state index in [1.165, 1.54) is 49.2 Å². The van der Waals surface area contributed by atoms with Crippen LogP contribution >= 0.6 is 0 Å². The van der Waals surface area contributed by atoms with Crippen LogP contribution in [0.3, 0.4) is 0 Å². The average Bonchev–Trinajstić information content (AvgIpc) is 3.59. The van der Waals surface area contributed by atoms with Crippen LogP contribution in [-0.2, 0) is 0 Å². The van der Waals surface area contributed by atoms with E-state index in [4.69, 9.17) is 11.3 Å². The lowest BCUT2D eigenvalue weighted by Crippen LogP contribution is -1.90. The van der Waals surface area contributed by atoms with Gasteiger partial charge in [0.25, 0.3) is 0 Å². The van der Waals surface area contributed by atoms with Gasteiger partial charge in [-0.25, -0.2) is 0 Å². The molecule has 10 rings (SSSR count). The second-order valence-corrected chi connectivity index (χ2v) is 12.1. The second kappa shape index (κ2) is 10.2. The normalized spacial score (nSPS) is 13.3. The van der Waals surface area contributed by atoms with Gasteiger partial charge in [-0.1, -0.05) is 164 Å².